The van der Waals surface area contributed by atoms with Crippen molar-refractivity contribution in [1.82, 2.24) is 5.32 Å². The smallest absolute Gasteiger partial charge is 0.237 e. The Bertz CT molecular complexity index is 657. The molecule has 0 aromatic heterocycles. The first-order valence-electron chi connectivity index (χ1n) is 7.94. The first kappa shape index (κ1) is 23.7. The number of ether oxygens (including phenoxy) is 1. The van der Waals surface area contributed by atoms with E-state index in [0.717, 1.165) is 17.6 Å². The van der Waals surface area contributed by atoms with Gasteiger partial charge in [-0.1, -0.05) is 39.0 Å². The van der Waals surface area contributed by atoms with Gasteiger partial charge in [0.2, 0.25) is 5.91 Å². The van der Waals surface area contributed by atoms with Crippen molar-refractivity contribution in [2.24, 2.45) is 5.73 Å². The fraction of sp³-hybridized carbons (Fsp3) is 0.588. The van der Waals surface area contributed by atoms with Crippen LogP contribution < -0.4 is 15.8 Å². The summed E-state index contributed by atoms with van der Waals surface area (Å²) < 4.78 is 27.9. The number of benzene rings is 1. The van der Waals surface area contributed by atoms with E-state index in [9.17, 15) is 13.2 Å². The zero-order valence-corrected chi connectivity index (χ0v) is 16.9. The van der Waals surface area contributed by atoms with Crippen LogP contribution in [0.4, 0.5) is 0 Å². The van der Waals surface area contributed by atoms with Gasteiger partial charge in [0.25, 0.3) is 0 Å². The summed E-state index contributed by atoms with van der Waals surface area (Å²) in [6.45, 7) is 6.95. The molecule has 1 atom stereocenters. The van der Waals surface area contributed by atoms with Crippen molar-refractivity contribution in [3.05, 3.63) is 29.8 Å². The topological polar surface area (TPSA) is 98.5 Å². The maximum Gasteiger partial charge on any atom is 0.237 e. The highest BCUT2D eigenvalue weighted by Crippen LogP contribution is 2.30. The lowest BCUT2D eigenvalue weighted by Gasteiger charge is -2.22. The summed E-state index contributed by atoms with van der Waals surface area (Å²) in [6.07, 6.45) is 1.23. The van der Waals surface area contributed by atoms with Crippen molar-refractivity contribution in [3.63, 3.8) is 0 Å². The molecule has 1 unspecified atom stereocenters. The number of para-hydroxylation sites is 1. The van der Waals surface area contributed by atoms with Gasteiger partial charge in [-0.25, -0.2) is 8.42 Å². The van der Waals surface area contributed by atoms with Gasteiger partial charge >= 0.3 is 0 Å². The van der Waals surface area contributed by atoms with E-state index in [4.69, 9.17) is 10.5 Å². The van der Waals surface area contributed by atoms with Crippen molar-refractivity contribution >= 4 is 28.2 Å². The molecule has 3 N–H and O–H groups in total. The van der Waals surface area contributed by atoms with E-state index >= 15 is 0 Å². The van der Waals surface area contributed by atoms with E-state index in [1.807, 2.05) is 24.3 Å². The number of nitrogens with one attached hydrogen (secondary N) is 1. The van der Waals surface area contributed by atoms with Crippen LogP contribution in [0.5, 0.6) is 5.75 Å². The molecule has 0 spiro atoms. The molecule has 0 aliphatic heterocycles. The molecule has 144 valence electrons. The fourth-order valence-electron chi connectivity index (χ4n) is 2.15. The maximum absolute atomic E-state index is 11.8. The van der Waals surface area contributed by atoms with Crippen LogP contribution in [0.2, 0.25) is 0 Å². The predicted octanol–water partition coefficient (Wildman–Crippen LogP) is 1.66. The van der Waals surface area contributed by atoms with Gasteiger partial charge in [-0.2, -0.15) is 0 Å². The minimum atomic E-state index is -3.12. The molecule has 1 aromatic rings. The van der Waals surface area contributed by atoms with Crippen molar-refractivity contribution in [2.45, 2.75) is 38.6 Å². The van der Waals surface area contributed by atoms with E-state index in [0.29, 0.717) is 13.2 Å². The zero-order valence-electron chi connectivity index (χ0n) is 15.2. The molecule has 6 nitrogen and oxygen atoms in total. The van der Waals surface area contributed by atoms with Gasteiger partial charge in [-0.15, -0.1) is 12.4 Å². The number of hydrogen-bond acceptors (Lipinski definition) is 5. The Morgan fingerprint density at radius 1 is 1.28 bits per heavy atom. The van der Waals surface area contributed by atoms with E-state index in [1.165, 1.54) is 0 Å². The molecular weight excluding hydrogens is 364 g/mol. The molecule has 0 saturated heterocycles. The van der Waals surface area contributed by atoms with Crippen molar-refractivity contribution in [1.29, 1.82) is 0 Å². The zero-order chi connectivity index (χ0) is 18.4. The molecule has 1 rings (SSSR count). The molecule has 8 heteroatoms. The van der Waals surface area contributed by atoms with Crippen LogP contribution >= 0.6 is 12.4 Å². The third kappa shape index (κ3) is 9.09. The quantitative estimate of drug-likeness (QED) is 0.655. The maximum atomic E-state index is 11.8. The van der Waals surface area contributed by atoms with Gasteiger partial charge < -0.3 is 15.8 Å². The van der Waals surface area contributed by atoms with Crippen molar-refractivity contribution in [3.8, 4) is 5.75 Å². The van der Waals surface area contributed by atoms with Crippen LogP contribution in [0, 0.1) is 0 Å². The average Bonchev–Trinajstić information content (AvgIpc) is 2.47. The van der Waals surface area contributed by atoms with Crippen LogP contribution in [0.1, 0.15) is 32.8 Å². The summed E-state index contributed by atoms with van der Waals surface area (Å²) >= 11 is 0. The predicted molar refractivity (Wildman–Crippen MR) is 103 cm³/mol. The fourth-order valence-corrected chi connectivity index (χ4v) is 2.83. The number of carbonyl (C=O) groups excluding carboxylic acids is 1. The van der Waals surface area contributed by atoms with Crippen LogP contribution in [-0.2, 0) is 20.0 Å². The largest absolute Gasteiger partial charge is 0.491 e. The van der Waals surface area contributed by atoms with Gasteiger partial charge in [-0.05, 0) is 23.5 Å². The summed E-state index contributed by atoms with van der Waals surface area (Å²) in [7, 11) is -3.12. The number of nitrogens with two attached hydrogens (primary N) is 1. The summed E-state index contributed by atoms with van der Waals surface area (Å²) in [5.41, 5.74) is 6.75. The summed E-state index contributed by atoms with van der Waals surface area (Å²) in [5.74, 6) is 0.323. The molecule has 0 saturated carbocycles. The van der Waals surface area contributed by atoms with Crippen LogP contribution in [0.25, 0.3) is 0 Å². The molecule has 0 radical (unpaired) electrons. The summed E-state index contributed by atoms with van der Waals surface area (Å²) in [6, 6.07) is 6.97. The number of amides is 1. The standard InChI is InChI=1S/C17H28N2O4S.ClH/c1-17(2,3)13-7-5-6-8-15(13)23-11-10-19-16(20)14(18)9-12-24(4,21)22;/h5-8,14H,9-12,18H2,1-4H3,(H,19,20);1H. The Morgan fingerprint density at radius 2 is 1.88 bits per heavy atom. The van der Waals surface area contributed by atoms with Gasteiger partial charge in [0.15, 0.2) is 0 Å². The normalized spacial score (nSPS) is 12.8. The summed E-state index contributed by atoms with van der Waals surface area (Å²) in [5, 5.41) is 2.66. The Kier molecular flexibility index (Phi) is 9.47. The van der Waals surface area contributed by atoms with E-state index in [-0.39, 0.29) is 35.9 Å². The van der Waals surface area contributed by atoms with E-state index < -0.39 is 15.9 Å². The first-order chi connectivity index (χ1) is 11.0. The molecule has 1 amide bonds. The third-order valence-electron chi connectivity index (χ3n) is 3.49. The first-order valence-corrected chi connectivity index (χ1v) is 10.00. The van der Waals surface area contributed by atoms with Gasteiger partial charge in [-0.3, -0.25) is 4.79 Å². The Balaban J connectivity index is 0.00000576. The molecule has 0 bridgehead atoms. The number of hydrogen-bond donors (Lipinski definition) is 2. The molecule has 0 aliphatic rings. The van der Waals surface area contributed by atoms with Crippen LogP contribution in [-0.4, -0.2) is 45.5 Å². The van der Waals surface area contributed by atoms with Gasteiger partial charge in [0, 0.05) is 6.26 Å². The van der Waals surface area contributed by atoms with E-state index in [2.05, 4.69) is 26.1 Å². The van der Waals surface area contributed by atoms with Crippen molar-refractivity contribution < 1.29 is 17.9 Å². The van der Waals surface area contributed by atoms with Crippen LogP contribution in [0.3, 0.4) is 0 Å². The Morgan fingerprint density at radius 3 is 2.44 bits per heavy atom. The summed E-state index contributed by atoms with van der Waals surface area (Å²) in [4.78, 5) is 11.8. The Hall–Kier alpha value is -1.31. The number of sulfone groups is 1. The minimum Gasteiger partial charge on any atom is -0.491 e. The Labute approximate surface area is 156 Å². The highest BCUT2D eigenvalue weighted by Gasteiger charge is 2.19. The highest BCUT2D eigenvalue weighted by molar-refractivity contribution is 7.90. The molecule has 25 heavy (non-hydrogen) atoms. The van der Waals surface area contributed by atoms with Gasteiger partial charge in [0.05, 0.1) is 18.3 Å². The molecule has 0 heterocycles. The average molecular weight is 393 g/mol. The van der Waals surface area contributed by atoms with Gasteiger partial charge in [0.1, 0.15) is 22.2 Å². The number of halogens is 1. The monoisotopic (exact) mass is 392 g/mol. The second-order valence-corrected chi connectivity index (χ2v) is 9.17. The van der Waals surface area contributed by atoms with Crippen LogP contribution in [0.15, 0.2) is 24.3 Å². The van der Waals surface area contributed by atoms with E-state index in [1.54, 1.807) is 0 Å². The lowest BCUT2D eigenvalue weighted by atomic mass is 9.86. The third-order valence-corrected chi connectivity index (χ3v) is 4.47. The highest BCUT2D eigenvalue weighted by atomic mass is 35.5. The number of rotatable bonds is 8. The van der Waals surface area contributed by atoms with Crippen molar-refractivity contribution in [2.75, 3.05) is 25.2 Å². The minimum absolute atomic E-state index is 0. The molecule has 0 aliphatic carbocycles. The molecule has 0 fully saturated rings. The lowest BCUT2D eigenvalue weighted by Crippen LogP contribution is -2.43. The second kappa shape index (κ2) is 9.99. The molecular formula is C17H29ClN2O4S. The second-order valence-electron chi connectivity index (χ2n) is 6.91. The SMILES string of the molecule is CC(C)(C)c1ccccc1OCCNC(=O)C(N)CCS(C)(=O)=O.Cl. The number of carbonyl (C=O) groups is 1. The molecule has 1 aromatic carbocycles. The lowest BCUT2D eigenvalue weighted by molar-refractivity contribution is -0.122.